The van der Waals surface area contributed by atoms with Crippen LogP contribution < -0.4 is 44.6 Å². The molecule has 1 aliphatic heterocycles. The van der Waals surface area contributed by atoms with Crippen LogP contribution in [0.25, 0.3) is 0 Å². The number of nitrogen functional groups attached to an aromatic ring is 2. The minimum atomic E-state index is -1.56. The zero-order valence-electron chi connectivity index (χ0n) is 40.0. The lowest BCUT2D eigenvalue weighted by Gasteiger charge is -2.34. The molecule has 1 heterocycles. The molecule has 5 aromatic rings. The Kier molecular flexibility index (Phi) is 17.3. The van der Waals surface area contributed by atoms with E-state index in [1.165, 1.54) is 24.3 Å². The number of rotatable bonds is 19. The number of phenols is 4. The summed E-state index contributed by atoms with van der Waals surface area (Å²) in [6.07, 6.45) is -2.27. The van der Waals surface area contributed by atoms with Gasteiger partial charge in [-0.05, 0) is 74.2 Å². The van der Waals surface area contributed by atoms with Crippen LogP contribution in [0, 0.1) is 0 Å². The Hall–Kier alpha value is -9.01. The minimum Gasteiger partial charge on any atom is -0.507 e. The van der Waals surface area contributed by atoms with E-state index in [0.717, 1.165) is 48.5 Å². The molecular weight excluding hydrogens is 957 g/mol. The summed E-state index contributed by atoms with van der Waals surface area (Å²) in [7, 11) is 0. The Morgan fingerprint density at radius 2 is 0.945 bits per heavy atom. The van der Waals surface area contributed by atoms with Crippen molar-refractivity contribution in [2.24, 2.45) is 0 Å². The third-order valence-corrected chi connectivity index (χ3v) is 10.7. The van der Waals surface area contributed by atoms with Crippen LogP contribution in [0.15, 0.2) is 72.8 Å². The van der Waals surface area contributed by atoms with Crippen LogP contribution >= 0.6 is 0 Å². The van der Waals surface area contributed by atoms with Crippen molar-refractivity contribution >= 4 is 53.2 Å². The van der Waals surface area contributed by atoms with E-state index in [1.807, 2.05) is 0 Å². The molecule has 0 bridgehead atoms. The fraction of sp³-hybridized carbons (Fsp3) is 0.288. The van der Waals surface area contributed by atoms with Gasteiger partial charge in [0.05, 0.1) is 5.56 Å². The lowest BCUT2D eigenvalue weighted by atomic mass is 9.93. The van der Waals surface area contributed by atoms with Crippen LogP contribution in [-0.4, -0.2) is 68.3 Å². The van der Waals surface area contributed by atoms with E-state index in [4.69, 9.17) is 49.4 Å². The third-order valence-electron chi connectivity index (χ3n) is 10.7. The molecule has 0 aliphatic carbocycles. The van der Waals surface area contributed by atoms with Gasteiger partial charge >= 0.3 is 41.8 Å². The van der Waals surface area contributed by atoms with Gasteiger partial charge < -0.3 is 69.8 Å². The van der Waals surface area contributed by atoms with E-state index in [2.05, 4.69) is 0 Å². The molecule has 0 amide bonds. The number of phenolic OH excluding ortho intramolecular Hbond substituents is 4. The molecule has 5 aromatic carbocycles. The molecule has 0 radical (unpaired) electrons. The summed E-state index contributed by atoms with van der Waals surface area (Å²) in [5.74, 6) is -12.4. The second-order valence-corrected chi connectivity index (χ2v) is 16.5. The average Bonchev–Trinajstić information content (AvgIpc) is 3.31. The van der Waals surface area contributed by atoms with Crippen molar-refractivity contribution in [2.45, 2.75) is 97.7 Å². The first-order valence-electron chi connectivity index (χ1n) is 23.0. The van der Waals surface area contributed by atoms with E-state index < -0.39 is 111 Å². The standard InChI is InChI=1S/C52H52N2O19/c1-5-9-43(57)66-30-23-36(67-44(58)10-6-2)33-25-42(73-50(63)27-19-39(69-46(60)12-8-4)48(62)41(20-27)72-52(65)32-16-14-29(54)22-35(32)56)49(70-37(33)24-30)26-17-38(68-45(59)11-7-3)47(61)40(18-26)71-51(64)31-15-13-28(53)21-34(31)55/h13-24,42,49,55-56,61-62H,5-12,25,53-54H2,1-4H3/t42-,49-/m1/s1. The summed E-state index contributed by atoms with van der Waals surface area (Å²) < 4.78 is 45.9. The Bertz CT molecular complexity index is 2970. The quantitative estimate of drug-likeness (QED) is 0.0260. The maximum absolute atomic E-state index is 14.6. The lowest BCUT2D eigenvalue weighted by molar-refractivity contribution is -0.135. The van der Waals surface area contributed by atoms with Gasteiger partial charge in [0.25, 0.3) is 0 Å². The number of benzene rings is 5. The molecule has 73 heavy (non-hydrogen) atoms. The SMILES string of the molecule is CCCC(=O)Oc1cc(OC(=O)CCC)c2c(c1)O[C@H](c1cc(OC(=O)CCC)c(O)c(OC(=O)c3ccc(N)cc3O)c1)[C@H](OC(=O)c1cc(OC(=O)CCC)c(O)c(OC(=O)c3ccc(N)cc3O)c1)C2. The van der Waals surface area contributed by atoms with Crippen molar-refractivity contribution in [3.63, 3.8) is 0 Å². The molecule has 1 aliphatic rings. The largest absolute Gasteiger partial charge is 0.507 e. The Morgan fingerprint density at radius 3 is 1.41 bits per heavy atom. The Morgan fingerprint density at radius 1 is 0.521 bits per heavy atom. The number of carbonyl (C=O) groups is 7. The summed E-state index contributed by atoms with van der Waals surface area (Å²) in [6.45, 7) is 6.88. The van der Waals surface area contributed by atoms with Gasteiger partial charge in [0.15, 0.2) is 29.1 Å². The predicted molar refractivity (Wildman–Crippen MR) is 256 cm³/mol. The van der Waals surface area contributed by atoms with E-state index in [-0.39, 0.29) is 77.4 Å². The van der Waals surface area contributed by atoms with Gasteiger partial charge in [0.2, 0.25) is 11.5 Å². The average molecular weight is 1010 g/mol. The highest BCUT2D eigenvalue weighted by Gasteiger charge is 2.39. The van der Waals surface area contributed by atoms with Crippen LogP contribution in [0.1, 0.15) is 127 Å². The number of esters is 7. The van der Waals surface area contributed by atoms with Gasteiger partial charge in [-0.25, -0.2) is 14.4 Å². The molecule has 0 unspecified atom stereocenters. The highest BCUT2D eigenvalue weighted by molar-refractivity contribution is 5.97. The summed E-state index contributed by atoms with van der Waals surface area (Å²) in [6, 6.07) is 13.7. The zero-order chi connectivity index (χ0) is 53.1. The van der Waals surface area contributed by atoms with E-state index >= 15 is 0 Å². The molecule has 21 nitrogen and oxygen atoms in total. The smallest absolute Gasteiger partial charge is 0.347 e. The van der Waals surface area contributed by atoms with Gasteiger partial charge in [-0.1, -0.05) is 27.7 Å². The number of hydrogen-bond acceptors (Lipinski definition) is 21. The topological polar surface area (TPSA) is 326 Å². The van der Waals surface area contributed by atoms with Crippen LogP contribution in [0.5, 0.6) is 63.2 Å². The van der Waals surface area contributed by atoms with Crippen molar-refractivity contribution in [3.8, 4) is 63.2 Å². The van der Waals surface area contributed by atoms with Crippen LogP contribution in [0.2, 0.25) is 0 Å². The van der Waals surface area contributed by atoms with Crippen molar-refractivity contribution < 1.29 is 91.9 Å². The predicted octanol–water partition coefficient (Wildman–Crippen LogP) is 7.84. The monoisotopic (exact) mass is 1010 g/mol. The highest BCUT2D eigenvalue weighted by Crippen LogP contribution is 2.48. The van der Waals surface area contributed by atoms with Crippen molar-refractivity contribution in [1.29, 1.82) is 0 Å². The molecule has 6 rings (SSSR count). The molecule has 384 valence electrons. The number of fused-ring (bicyclic) bond motifs is 1. The first-order valence-corrected chi connectivity index (χ1v) is 23.0. The summed E-state index contributed by atoms with van der Waals surface area (Å²) in [5, 5.41) is 43.6. The lowest BCUT2D eigenvalue weighted by Crippen LogP contribution is -2.35. The maximum Gasteiger partial charge on any atom is 0.347 e. The van der Waals surface area contributed by atoms with Crippen molar-refractivity contribution in [3.05, 3.63) is 101 Å². The number of nitrogens with two attached hydrogens (primary N) is 2. The highest BCUT2D eigenvalue weighted by atomic mass is 16.6. The fourth-order valence-corrected chi connectivity index (χ4v) is 7.22. The van der Waals surface area contributed by atoms with Crippen molar-refractivity contribution in [2.75, 3.05) is 11.5 Å². The van der Waals surface area contributed by atoms with E-state index in [1.54, 1.807) is 27.7 Å². The molecule has 0 spiro atoms. The van der Waals surface area contributed by atoms with Crippen molar-refractivity contribution in [1.82, 2.24) is 0 Å². The summed E-state index contributed by atoms with van der Waals surface area (Å²) in [4.78, 5) is 93.0. The molecule has 0 saturated carbocycles. The number of anilines is 2. The van der Waals surface area contributed by atoms with Crippen LogP contribution in [-0.2, 0) is 30.3 Å². The zero-order valence-corrected chi connectivity index (χ0v) is 40.0. The first-order chi connectivity index (χ1) is 34.8. The van der Waals surface area contributed by atoms with Gasteiger partial charge in [0, 0.05) is 78.9 Å². The second-order valence-electron chi connectivity index (χ2n) is 16.5. The maximum atomic E-state index is 14.6. The van der Waals surface area contributed by atoms with E-state index in [0.29, 0.717) is 25.7 Å². The van der Waals surface area contributed by atoms with Gasteiger partial charge in [-0.3, -0.25) is 19.2 Å². The fourth-order valence-electron chi connectivity index (χ4n) is 7.22. The third kappa shape index (κ3) is 13.2. The van der Waals surface area contributed by atoms with Crippen LogP contribution in [0.4, 0.5) is 11.4 Å². The molecular formula is C52H52N2O19. The molecule has 2 atom stereocenters. The molecule has 0 aromatic heterocycles. The number of ether oxygens (including phenoxy) is 8. The minimum absolute atomic E-state index is 0.0216. The molecule has 21 heteroatoms. The van der Waals surface area contributed by atoms with Gasteiger partial charge in [0.1, 0.15) is 46.0 Å². The summed E-state index contributed by atoms with van der Waals surface area (Å²) in [5.41, 5.74) is 10.4. The molecule has 8 N–H and O–H groups in total. The summed E-state index contributed by atoms with van der Waals surface area (Å²) >= 11 is 0. The Balaban J connectivity index is 1.51. The Labute approximate surface area is 417 Å². The van der Waals surface area contributed by atoms with Crippen LogP contribution in [0.3, 0.4) is 0 Å². The van der Waals surface area contributed by atoms with Gasteiger partial charge in [-0.15, -0.1) is 0 Å². The second kappa shape index (κ2) is 23.7. The molecule has 0 saturated heterocycles. The normalized spacial score (nSPS) is 13.6. The molecule has 0 fully saturated rings. The van der Waals surface area contributed by atoms with Gasteiger partial charge in [-0.2, -0.15) is 0 Å². The number of aromatic hydroxyl groups is 4. The number of carbonyl (C=O) groups excluding carboxylic acids is 7. The first kappa shape index (κ1) is 53.3. The number of hydrogen-bond donors (Lipinski definition) is 6. The van der Waals surface area contributed by atoms with E-state index in [9.17, 15) is 54.0 Å².